The number of esters is 1. The molecule has 0 fully saturated rings. The van der Waals surface area contributed by atoms with E-state index in [-0.39, 0.29) is 15.7 Å². The van der Waals surface area contributed by atoms with Crippen molar-refractivity contribution in [1.82, 2.24) is 9.55 Å². The van der Waals surface area contributed by atoms with Crippen LogP contribution in [-0.2, 0) is 21.6 Å². The number of nitrogens with zero attached hydrogens (tertiary/aromatic N) is 2. The van der Waals surface area contributed by atoms with Crippen molar-refractivity contribution in [3.05, 3.63) is 42.2 Å². The topological polar surface area (TPSA) is 78.3 Å². The van der Waals surface area contributed by atoms with Crippen molar-refractivity contribution in [2.45, 2.75) is 36.4 Å². The molecule has 6 nitrogen and oxygen atoms in total. The molecule has 0 saturated carbocycles. The van der Waals surface area contributed by atoms with E-state index in [1.807, 2.05) is 0 Å². The lowest BCUT2D eigenvalue weighted by Crippen LogP contribution is -2.25. The van der Waals surface area contributed by atoms with Crippen LogP contribution in [0.3, 0.4) is 0 Å². The van der Waals surface area contributed by atoms with E-state index in [4.69, 9.17) is 4.74 Å². The summed E-state index contributed by atoms with van der Waals surface area (Å²) in [6, 6.07) is 7.95. The van der Waals surface area contributed by atoms with Gasteiger partial charge in [0.15, 0.2) is 0 Å². The Labute approximate surface area is 129 Å². The van der Waals surface area contributed by atoms with Gasteiger partial charge in [-0.05, 0) is 32.9 Å². The summed E-state index contributed by atoms with van der Waals surface area (Å²) in [4.78, 5) is 16.1. The highest BCUT2D eigenvalue weighted by Gasteiger charge is 2.27. The summed E-state index contributed by atoms with van der Waals surface area (Å²) in [7, 11) is -2.31. The summed E-state index contributed by atoms with van der Waals surface area (Å²) < 4.78 is 31.6. The average Bonchev–Trinajstić information content (AvgIpc) is 2.80. The predicted octanol–water partition coefficient (Wildman–Crippen LogP) is 2.21. The Balaban J connectivity index is 2.42. The molecule has 1 aromatic heterocycles. The molecule has 7 heteroatoms. The molecule has 0 unspecified atom stereocenters. The van der Waals surface area contributed by atoms with Crippen LogP contribution in [0.4, 0.5) is 0 Å². The predicted molar refractivity (Wildman–Crippen MR) is 80.3 cm³/mol. The Hall–Kier alpha value is -2.15. The third-order valence-corrected chi connectivity index (χ3v) is 4.60. The Bertz CT molecular complexity index is 787. The molecule has 118 valence electrons. The fourth-order valence-electron chi connectivity index (χ4n) is 1.87. The second-order valence-electron chi connectivity index (χ2n) is 5.80. The smallest absolute Gasteiger partial charge is 0.357 e. The SMILES string of the molecule is Cn1c(C(=O)OC(C)(C)C)cnc1S(=O)(=O)c1ccccc1. The summed E-state index contributed by atoms with van der Waals surface area (Å²) in [6.07, 6.45) is 1.21. The lowest BCUT2D eigenvalue weighted by molar-refractivity contribution is 0.00581. The van der Waals surface area contributed by atoms with Crippen molar-refractivity contribution < 1.29 is 17.9 Å². The summed E-state index contributed by atoms with van der Waals surface area (Å²) >= 11 is 0. The van der Waals surface area contributed by atoms with Gasteiger partial charge in [-0.25, -0.2) is 18.2 Å². The van der Waals surface area contributed by atoms with Gasteiger partial charge in [0.05, 0.1) is 11.1 Å². The zero-order valence-electron chi connectivity index (χ0n) is 12.9. The second-order valence-corrected chi connectivity index (χ2v) is 7.65. The number of carbonyl (C=O) groups excluding carboxylic acids is 1. The van der Waals surface area contributed by atoms with Crippen LogP contribution in [0, 0.1) is 0 Å². The van der Waals surface area contributed by atoms with Gasteiger partial charge in [0.25, 0.3) is 0 Å². The van der Waals surface area contributed by atoms with Crippen molar-refractivity contribution in [2.75, 3.05) is 0 Å². The van der Waals surface area contributed by atoms with Gasteiger partial charge >= 0.3 is 5.97 Å². The second kappa shape index (κ2) is 5.57. The molecular weight excluding hydrogens is 304 g/mol. The molecule has 0 atom stereocenters. The van der Waals surface area contributed by atoms with E-state index in [0.717, 1.165) is 0 Å². The fourth-order valence-corrected chi connectivity index (χ4v) is 3.24. The number of hydrogen-bond acceptors (Lipinski definition) is 5. The monoisotopic (exact) mass is 322 g/mol. The average molecular weight is 322 g/mol. The molecule has 22 heavy (non-hydrogen) atoms. The standard InChI is InChI=1S/C15H18N2O4S/c1-15(2,3)21-13(18)12-10-16-14(17(12)4)22(19,20)11-8-6-5-7-9-11/h5-10H,1-4H3. The minimum Gasteiger partial charge on any atom is -0.455 e. The highest BCUT2D eigenvalue weighted by molar-refractivity contribution is 7.91. The maximum absolute atomic E-state index is 12.5. The highest BCUT2D eigenvalue weighted by atomic mass is 32.2. The van der Waals surface area contributed by atoms with Gasteiger partial charge in [-0.1, -0.05) is 18.2 Å². The number of carbonyl (C=O) groups is 1. The van der Waals surface area contributed by atoms with E-state index in [0.29, 0.717) is 0 Å². The van der Waals surface area contributed by atoms with Crippen LogP contribution in [0.2, 0.25) is 0 Å². The number of hydrogen-bond donors (Lipinski definition) is 0. The normalized spacial score (nSPS) is 12.2. The van der Waals surface area contributed by atoms with Gasteiger partial charge in [0.2, 0.25) is 15.0 Å². The van der Waals surface area contributed by atoms with Crippen LogP contribution in [0.1, 0.15) is 31.3 Å². The zero-order chi connectivity index (χ0) is 16.5. The molecule has 2 aromatic rings. The Kier molecular flexibility index (Phi) is 4.10. The molecule has 1 aromatic carbocycles. The molecule has 1 heterocycles. The van der Waals surface area contributed by atoms with Gasteiger partial charge in [0, 0.05) is 7.05 Å². The van der Waals surface area contributed by atoms with Crippen LogP contribution in [0.25, 0.3) is 0 Å². The minimum absolute atomic E-state index is 0.0874. The van der Waals surface area contributed by atoms with Crippen LogP contribution >= 0.6 is 0 Å². The number of aromatic nitrogens is 2. The lowest BCUT2D eigenvalue weighted by Gasteiger charge is -2.19. The van der Waals surface area contributed by atoms with E-state index in [1.165, 1.54) is 29.9 Å². The lowest BCUT2D eigenvalue weighted by atomic mass is 10.2. The molecule has 0 spiro atoms. The largest absolute Gasteiger partial charge is 0.455 e. The van der Waals surface area contributed by atoms with E-state index in [2.05, 4.69) is 4.98 Å². The molecule has 0 aliphatic carbocycles. The van der Waals surface area contributed by atoms with E-state index in [1.54, 1.807) is 39.0 Å². The first-order valence-corrected chi connectivity index (χ1v) is 8.16. The Morgan fingerprint density at radius 3 is 2.32 bits per heavy atom. The van der Waals surface area contributed by atoms with Crippen LogP contribution in [0.15, 0.2) is 46.6 Å². The molecule has 0 aliphatic rings. The maximum Gasteiger partial charge on any atom is 0.357 e. The van der Waals surface area contributed by atoms with Gasteiger partial charge in [-0.15, -0.1) is 0 Å². The Morgan fingerprint density at radius 2 is 1.77 bits per heavy atom. The summed E-state index contributed by atoms with van der Waals surface area (Å²) in [5.74, 6) is -0.614. The number of rotatable bonds is 3. The molecule has 0 saturated heterocycles. The van der Waals surface area contributed by atoms with E-state index < -0.39 is 21.4 Å². The minimum atomic E-state index is -3.78. The first kappa shape index (κ1) is 16.2. The van der Waals surface area contributed by atoms with Gasteiger partial charge in [0.1, 0.15) is 11.3 Å². The zero-order valence-corrected chi connectivity index (χ0v) is 13.7. The van der Waals surface area contributed by atoms with Crippen molar-refractivity contribution in [3.63, 3.8) is 0 Å². The van der Waals surface area contributed by atoms with Crippen LogP contribution in [0.5, 0.6) is 0 Å². The molecule has 2 rings (SSSR count). The van der Waals surface area contributed by atoms with E-state index >= 15 is 0 Å². The first-order valence-electron chi connectivity index (χ1n) is 6.68. The summed E-state index contributed by atoms with van der Waals surface area (Å²) in [5, 5.41) is -0.195. The fraction of sp³-hybridized carbons (Fsp3) is 0.333. The van der Waals surface area contributed by atoms with E-state index in [9.17, 15) is 13.2 Å². The molecule has 0 radical (unpaired) electrons. The number of imidazole rings is 1. The third-order valence-electron chi connectivity index (χ3n) is 2.85. The highest BCUT2D eigenvalue weighted by Crippen LogP contribution is 2.21. The third kappa shape index (κ3) is 3.19. The summed E-state index contributed by atoms with van der Waals surface area (Å²) in [5.41, 5.74) is -0.579. The van der Waals surface area contributed by atoms with Crippen molar-refractivity contribution in [3.8, 4) is 0 Å². The van der Waals surface area contributed by atoms with Crippen molar-refractivity contribution >= 4 is 15.8 Å². The van der Waals surface area contributed by atoms with Gasteiger partial charge < -0.3 is 9.30 Å². The maximum atomic E-state index is 12.5. The van der Waals surface area contributed by atoms with Crippen LogP contribution in [-0.4, -0.2) is 29.5 Å². The molecule has 0 aliphatic heterocycles. The van der Waals surface area contributed by atoms with Gasteiger partial charge in [-0.3, -0.25) is 0 Å². The summed E-state index contributed by atoms with van der Waals surface area (Å²) in [6.45, 7) is 5.22. The van der Waals surface area contributed by atoms with Crippen molar-refractivity contribution in [2.24, 2.45) is 7.05 Å². The number of ether oxygens (including phenoxy) is 1. The molecular formula is C15H18N2O4S. The van der Waals surface area contributed by atoms with Gasteiger partial charge in [-0.2, -0.15) is 0 Å². The quantitative estimate of drug-likeness (QED) is 0.810. The Morgan fingerprint density at radius 1 is 1.18 bits per heavy atom. The van der Waals surface area contributed by atoms with Crippen molar-refractivity contribution in [1.29, 1.82) is 0 Å². The first-order chi connectivity index (χ1) is 10.1. The molecule has 0 amide bonds. The molecule has 0 bridgehead atoms. The molecule has 0 N–H and O–H groups in total. The van der Waals surface area contributed by atoms with Crippen LogP contribution < -0.4 is 0 Å². The number of benzene rings is 1. The number of sulfone groups is 1.